The average Bonchev–Trinajstić information content (AvgIpc) is 2.82. The second kappa shape index (κ2) is 10.6. The zero-order chi connectivity index (χ0) is 22.1. The van der Waals surface area contributed by atoms with Crippen LogP contribution in [0.4, 0.5) is 0 Å². The van der Waals surface area contributed by atoms with Gasteiger partial charge in [-0.3, -0.25) is 20.4 Å². The first-order valence-electron chi connectivity index (χ1n) is 9.83. The first-order valence-corrected chi connectivity index (χ1v) is 9.83. The van der Waals surface area contributed by atoms with Crippen molar-refractivity contribution in [3.8, 4) is 22.6 Å². The Morgan fingerprint density at radius 2 is 1.48 bits per heavy atom. The van der Waals surface area contributed by atoms with E-state index in [9.17, 15) is 9.59 Å². The largest absolute Gasteiger partial charge is 0.490 e. The van der Waals surface area contributed by atoms with Gasteiger partial charge in [0.15, 0.2) is 6.10 Å². The standard InChI is InChI=1S/C25H24N2O4/c1-3-17-30-22-13-11-21(12-14-22)25(29)27-26-24(28)18(2)31-23-15-9-20(10-16-23)19-7-5-4-6-8-19/h3-16,18H,1,17H2,2H3,(H,26,28)(H,27,29). The molecule has 3 rings (SSSR count). The van der Waals surface area contributed by atoms with Crippen molar-refractivity contribution in [2.45, 2.75) is 13.0 Å². The van der Waals surface area contributed by atoms with Crippen LogP contribution in [0.2, 0.25) is 0 Å². The number of hydrogen-bond acceptors (Lipinski definition) is 4. The molecule has 0 heterocycles. The third kappa shape index (κ3) is 6.21. The SMILES string of the molecule is C=CCOc1ccc(C(=O)NNC(=O)C(C)Oc2ccc(-c3ccccc3)cc2)cc1. The molecule has 0 radical (unpaired) electrons. The van der Waals surface area contributed by atoms with E-state index in [0.29, 0.717) is 23.7 Å². The zero-order valence-corrected chi connectivity index (χ0v) is 17.2. The topological polar surface area (TPSA) is 76.7 Å². The zero-order valence-electron chi connectivity index (χ0n) is 17.2. The molecule has 2 amide bonds. The molecule has 0 saturated carbocycles. The van der Waals surface area contributed by atoms with Crippen LogP contribution in [-0.2, 0) is 4.79 Å². The van der Waals surface area contributed by atoms with Gasteiger partial charge in [-0.15, -0.1) is 0 Å². The Labute approximate surface area is 181 Å². The van der Waals surface area contributed by atoms with E-state index in [2.05, 4.69) is 17.4 Å². The van der Waals surface area contributed by atoms with E-state index in [1.54, 1.807) is 49.4 Å². The van der Waals surface area contributed by atoms with E-state index in [4.69, 9.17) is 9.47 Å². The van der Waals surface area contributed by atoms with E-state index < -0.39 is 17.9 Å². The van der Waals surface area contributed by atoms with Crippen LogP contribution in [0.15, 0.2) is 91.5 Å². The first kappa shape index (κ1) is 21.6. The molecule has 3 aromatic carbocycles. The third-order valence-electron chi connectivity index (χ3n) is 4.43. The molecule has 31 heavy (non-hydrogen) atoms. The molecule has 0 fully saturated rings. The predicted octanol–water partition coefficient (Wildman–Crippen LogP) is 4.15. The number of amides is 2. The molecule has 3 aromatic rings. The van der Waals surface area contributed by atoms with Crippen LogP contribution in [-0.4, -0.2) is 24.5 Å². The fourth-order valence-corrected chi connectivity index (χ4v) is 2.76. The quantitative estimate of drug-likeness (QED) is 0.427. The molecule has 0 bridgehead atoms. The molecule has 6 nitrogen and oxygen atoms in total. The second-order valence-corrected chi connectivity index (χ2v) is 6.72. The molecule has 2 N–H and O–H groups in total. The van der Waals surface area contributed by atoms with E-state index in [1.165, 1.54) is 0 Å². The number of hydrazine groups is 1. The van der Waals surface area contributed by atoms with Crippen LogP contribution in [0.3, 0.4) is 0 Å². The van der Waals surface area contributed by atoms with E-state index in [1.807, 2.05) is 42.5 Å². The fourth-order valence-electron chi connectivity index (χ4n) is 2.76. The van der Waals surface area contributed by atoms with Crippen molar-refractivity contribution in [3.05, 3.63) is 97.1 Å². The maximum atomic E-state index is 12.3. The Balaban J connectivity index is 1.49. The van der Waals surface area contributed by atoms with Gasteiger partial charge in [-0.2, -0.15) is 0 Å². The highest BCUT2D eigenvalue weighted by Crippen LogP contribution is 2.22. The number of rotatable bonds is 8. The summed E-state index contributed by atoms with van der Waals surface area (Å²) in [7, 11) is 0. The highest BCUT2D eigenvalue weighted by Gasteiger charge is 2.16. The Morgan fingerprint density at radius 1 is 0.871 bits per heavy atom. The summed E-state index contributed by atoms with van der Waals surface area (Å²) < 4.78 is 11.0. The lowest BCUT2D eigenvalue weighted by Gasteiger charge is -2.15. The maximum Gasteiger partial charge on any atom is 0.279 e. The summed E-state index contributed by atoms with van der Waals surface area (Å²) in [6.45, 7) is 5.57. The Morgan fingerprint density at radius 3 is 2.13 bits per heavy atom. The summed E-state index contributed by atoms with van der Waals surface area (Å²) in [5.74, 6) is 0.277. The van der Waals surface area contributed by atoms with Gasteiger partial charge in [0.25, 0.3) is 11.8 Å². The van der Waals surface area contributed by atoms with Gasteiger partial charge >= 0.3 is 0 Å². The summed E-state index contributed by atoms with van der Waals surface area (Å²) >= 11 is 0. The number of carbonyl (C=O) groups is 2. The lowest BCUT2D eigenvalue weighted by molar-refractivity contribution is -0.128. The van der Waals surface area contributed by atoms with Gasteiger partial charge in [0.1, 0.15) is 18.1 Å². The molecule has 0 aromatic heterocycles. The highest BCUT2D eigenvalue weighted by molar-refractivity contribution is 5.95. The molecule has 1 unspecified atom stereocenters. The Kier molecular flexibility index (Phi) is 7.43. The van der Waals surface area contributed by atoms with Crippen LogP contribution in [0.5, 0.6) is 11.5 Å². The molecule has 6 heteroatoms. The van der Waals surface area contributed by atoms with Crippen LogP contribution >= 0.6 is 0 Å². The van der Waals surface area contributed by atoms with Gasteiger partial charge in [0.05, 0.1) is 0 Å². The van der Waals surface area contributed by atoms with Gasteiger partial charge in [0.2, 0.25) is 0 Å². The summed E-state index contributed by atoms with van der Waals surface area (Å²) in [5.41, 5.74) is 7.30. The maximum absolute atomic E-state index is 12.3. The number of hydrogen-bond donors (Lipinski definition) is 2. The highest BCUT2D eigenvalue weighted by atomic mass is 16.5. The molecule has 0 aliphatic carbocycles. The van der Waals surface area contributed by atoms with Crippen molar-refractivity contribution in [1.29, 1.82) is 0 Å². The van der Waals surface area contributed by atoms with Crippen LogP contribution in [0, 0.1) is 0 Å². The van der Waals surface area contributed by atoms with Crippen molar-refractivity contribution >= 4 is 11.8 Å². The van der Waals surface area contributed by atoms with E-state index >= 15 is 0 Å². The van der Waals surface area contributed by atoms with Gasteiger partial charge in [-0.1, -0.05) is 55.1 Å². The molecular weight excluding hydrogens is 392 g/mol. The summed E-state index contributed by atoms with van der Waals surface area (Å²) in [6.07, 6.45) is 0.842. The minimum atomic E-state index is -0.794. The Hall–Kier alpha value is -4.06. The number of ether oxygens (including phenoxy) is 2. The minimum absolute atomic E-state index is 0.383. The van der Waals surface area contributed by atoms with Crippen molar-refractivity contribution in [1.82, 2.24) is 10.9 Å². The molecule has 158 valence electrons. The van der Waals surface area contributed by atoms with Crippen molar-refractivity contribution in [3.63, 3.8) is 0 Å². The van der Waals surface area contributed by atoms with Crippen LogP contribution < -0.4 is 20.3 Å². The van der Waals surface area contributed by atoms with Crippen molar-refractivity contribution in [2.24, 2.45) is 0 Å². The normalized spacial score (nSPS) is 11.1. The monoisotopic (exact) mass is 416 g/mol. The van der Waals surface area contributed by atoms with E-state index in [0.717, 1.165) is 11.1 Å². The van der Waals surface area contributed by atoms with Gasteiger partial charge in [0, 0.05) is 5.56 Å². The van der Waals surface area contributed by atoms with Crippen molar-refractivity contribution in [2.75, 3.05) is 6.61 Å². The van der Waals surface area contributed by atoms with Gasteiger partial charge in [-0.05, 0) is 54.4 Å². The van der Waals surface area contributed by atoms with Crippen LogP contribution in [0.1, 0.15) is 17.3 Å². The summed E-state index contributed by atoms with van der Waals surface area (Å²) in [5, 5.41) is 0. The molecule has 0 saturated heterocycles. The van der Waals surface area contributed by atoms with Gasteiger partial charge in [-0.25, -0.2) is 0 Å². The molecule has 1 atom stereocenters. The predicted molar refractivity (Wildman–Crippen MR) is 120 cm³/mol. The summed E-state index contributed by atoms with van der Waals surface area (Å²) in [6, 6.07) is 24.0. The summed E-state index contributed by atoms with van der Waals surface area (Å²) in [4.78, 5) is 24.5. The fraction of sp³-hybridized carbons (Fsp3) is 0.120. The average molecular weight is 416 g/mol. The smallest absolute Gasteiger partial charge is 0.279 e. The number of carbonyl (C=O) groups excluding carboxylic acids is 2. The van der Waals surface area contributed by atoms with Gasteiger partial charge < -0.3 is 9.47 Å². The first-order chi connectivity index (χ1) is 15.1. The van der Waals surface area contributed by atoms with Crippen molar-refractivity contribution < 1.29 is 19.1 Å². The Bertz CT molecular complexity index is 1020. The molecular formula is C25H24N2O4. The molecule has 0 aliphatic rings. The number of benzene rings is 3. The second-order valence-electron chi connectivity index (χ2n) is 6.72. The van der Waals surface area contributed by atoms with Crippen LogP contribution in [0.25, 0.3) is 11.1 Å². The lowest BCUT2D eigenvalue weighted by atomic mass is 10.1. The van der Waals surface area contributed by atoms with E-state index in [-0.39, 0.29) is 0 Å². The third-order valence-corrected chi connectivity index (χ3v) is 4.43. The molecule has 0 aliphatic heterocycles. The lowest BCUT2D eigenvalue weighted by Crippen LogP contribution is -2.47. The number of nitrogens with one attached hydrogen (secondary N) is 2. The minimum Gasteiger partial charge on any atom is -0.490 e. The molecule has 0 spiro atoms.